The zero-order valence-electron chi connectivity index (χ0n) is 15.9. The molecular formula is C22H24N3O2S+. The van der Waals surface area contributed by atoms with E-state index in [1.54, 1.807) is 0 Å². The van der Waals surface area contributed by atoms with Gasteiger partial charge in [0.2, 0.25) is 0 Å². The highest BCUT2D eigenvalue weighted by Gasteiger charge is 2.26. The maximum atomic E-state index is 12.5. The van der Waals surface area contributed by atoms with Crippen LogP contribution in [-0.4, -0.2) is 25.4 Å². The number of amides is 2. The lowest BCUT2D eigenvalue weighted by Crippen LogP contribution is -3.08. The molecule has 1 aliphatic rings. The molecule has 3 aromatic rings. The lowest BCUT2D eigenvalue weighted by molar-refractivity contribution is -0.885. The Morgan fingerprint density at radius 2 is 1.93 bits per heavy atom. The van der Waals surface area contributed by atoms with Gasteiger partial charge in [-0.2, -0.15) is 0 Å². The summed E-state index contributed by atoms with van der Waals surface area (Å²) in [6.45, 7) is 1.08. The molecule has 0 bridgehead atoms. The van der Waals surface area contributed by atoms with Gasteiger partial charge in [0.15, 0.2) is 6.54 Å². The maximum absolute atomic E-state index is 12.5. The molecule has 1 aliphatic carbocycles. The topological polar surface area (TPSA) is 76.6 Å². The Labute approximate surface area is 168 Å². The SMILES string of the molecule is C[NH+](CC(=O)Nc1sc2c(c1C(N)=O)CCC2)Cc1ccc2ccccc2c1. The van der Waals surface area contributed by atoms with Crippen LogP contribution in [0.2, 0.25) is 0 Å². The van der Waals surface area contributed by atoms with Crippen molar-refractivity contribution in [3.63, 3.8) is 0 Å². The minimum absolute atomic E-state index is 0.0966. The maximum Gasteiger partial charge on any atom is 0.280 e. The minimum atomic E-state index is -0.452. The number of quaternary nitrogens is 1. The molecule has 1 atom stereocenters. The van der Waals surface area contributed by atoms with Crippen LogP contribution in [0.3, 0.4) is 0 Å². The van der Waals surface area contributed by atoms with Crippen LogP contribution in [0.5, 0.6) is 0 Å². The van der Waals surface area contributed by atoms with Crippen LogP contribution in [0.1, 0.15) is 32.8 Å². The number of carbonyl (C=O) groups excluding carboxylic acids is 2. The monoisotopic (exact) mass is 394 g/mol. The summed E-state index contributed by atoms with van der Waals surface area (Å²) in [7, 11) is 2.00. The molecule has 0 radical (unpaired) electrons. The predicted molar refractivity (Wildman–Crippen MR) is 113 cm³/mol. The van der Waals surface area contributed by atoms with Crippen molar-refractivity contribution in [3.05, 3.63) is 64.0 Å². The van der Waals surface area contributed by atoms with Crippen LogP contribution in [0.15, 0.2) is 42.5 Å². The van der Waals surface area contributed by atoms with Crippen molar-refractivity contribution in [1.29, 1.82) is 0 Å². The fourth-order valence-electron chi connectivity index (χ4n) is 3.96. The van der Waals surface area contributed by atoms with E-state index in [-0.39, 0.29) is 5.91 Å². The standard InChI is InChI=1S/C22H23N3O2S/c1-25(12-14-9-10-15-5-2-3-6-16(15)11-14)13-19(26)24-22-20(21(23)27)17-7-4-8-18(17)28-22/h2-3,5-6,9-11H,4,7-8,12-13H2,1H3,(H2,23,27)(H,24,26)/p+1. The van der Waals surface area contributed by atoms with Crippen LogP contribution >= 0.6 is 11.3 Å². The Hall–Kier alpha value is -2.70. The first-order chi connectivity index (χ1) is 13.5. The first-order valence-corrected chi connectivity index (χ1v) is 10.4. The third-order valence-electron chi connectivity index (χ3n) is 5.20. The van der Waals surface area contributed by atoms with Crippen molar-refractivity contribution >= 4 is 38.9 Å². The molecule has 5 nitrogen and oxygen atoms in total. The van der Waals surface area contributed by atoms with Gasteiger partial charge in [-0.05, 0) is 41.7 Å². The van der Waals surface area contributed by atoms with E-state index in [1.807, 2.05) is 19.2 Å². The van der Waals surface area contributed by atoms with Gasteiger partial charge in [0.1, 0.15) is 11.5 Å². The van der Waals surface area contributed by atoms with E-state index in [2.05, 4.69) is 35.6 Å². The Morgan fingerprint density at radius 1 is 1.14 bits per heavy atom. The summed E-state index contributed by atoms with van der Waals surface area (Å²) in [6.07, 6.45) is 2.88. The van der Waals surface area contributed by atoms with Crippen molar-refractivity contribution in [3.8, 4) is 0 Å². The highest BCUT2D eigenvalue weighted by Crippen LogP contribution is 2.38. The van der Waals surface area contributed by atoms with Crippen molar-refractivity contribution in [2.75, 3.05) is 18.9 Å². The third kappa shape index (κ3) is 3.79. The summed E-state index contributed by atoms with van der Waals surface area (Å²) in [5, 5.41) is 5.96. The number of likely N-dealkylation sites (N-methyl/N-ethyl adjacent to an activating group) is 1. The first kappa shape index (κ1) is 18.7. The van der Waals surface area contributed by atoms with Gasteiger partial charge in [-0.1, -0.05) is 36.4 Å². The molecule has 2 amide bonds. The van der Waals surface area contributed by atoms with Crippen molar-refractivity contribution < 1.29 is 14.5 Å². The van der Waals surface area contributed by atoms with Crippen molar-refractivity contribution in [1.82, 2.24) is 0 Å². The molecule has 0 spiro atoms. The fourth-order valence-corrected chi connectivity index (χ4v) is 5.27. The van der Waals surface area contributed by atoms with E-state index in [0.717, 1.165) is 36.3 Å². The Bertz CT molecular complexity index is 1060. The molecular weight excluding hydrogens is 370 g/mol. The van der Waals surface area contributed by atoms with Crippen LogP contribution in [0, 0.1) is 0 Å². The number of nitrogens with one attached hydrogen (secondary N) is 2. The number of benzene rings is 2. The lowest BCUT2D eigenvalue weighted by Gasteiger charge is -2.14. The van der Waals surface area contributed by atoms with Gasteiger partial charge in [-0.3, -0.25) is 9.59 Å². The van der Waals surface area contributed by atoms with E-state index in [0.29, 0.717) is 17.1 Å². The molecule has 144 valence electrons. The normalized spacial score (nSPS) is 14.0. The summed E-state index contributed by atoms with van der Waals surface area (Å²) in [6, 6.07) is 14.7. The van der Waals surface area contributed by atoms with Crippen LogP contribution in [0.25, 0.3) is 10.8 Å². The van der Waals surface area contributed by atoms with Gasteiger partial charge in [0.05, 0.1) is 12.6 Å². The number of rotatable bonds is 6. The zero-order chi connectivity index (χ0) is 19.7. The van der Waals surface area contributed by atoms with Gasteiger partial charge in [-0.15, -0.1) is 11.3 Å². The van der Waals surface area contributed by atoms with Crippen LogP contribution < -0.4 is 16.0 Å². The number of nitrogens with two attached hydrogens (primary N) is 1. The smallest absolute Gasteiger partial charge is 0.280 e. The summed E-state index contributed by atoms with van der Waals surface area (Å²) in [5.74, 6) is -0.549. The third-order valence-corrected chi connectivity index (χ3v) is 6.41. The molecule has 1 aromatic heterocycles. The molecule has 4 N–H and O–H groups in total. The molecule has 0 saturated carbocycles. The van der Waals surface area contributed by atoms with Crippen LogP contribution in [-0.2, 0) is 24.2 Å². The van der Waals surface area contributed by atoms with Crippen LogP contribution in [0.4, 0.5) is 5.00 Å². The number of thiophene rings is 1. The molecule has 0 saturated heterocycles. The number of fused-ring (bicyclic) bond motifs is 2. The number of hydrogen-bond donors (Lipinski definition) is 3. The van der Waals surface area contributed by atoms with Gasteiger partial charge >= 0.3 is 0 Å². The zero-order valence-corrected chi connectivity index (χ0v) is 16.7. The van der Waals surface area contributed by atoms with Crippen molar-refractivity contribution in [2.24, 2.45) is 5.73 Å². The Kier molecular flexibility index (Phi) is 5.15. The summed E-state index contributed by atoms with van der Waals surface area (Å²) in [5.41, 5.74) is 8.30. The molecule has 28 heavy (non-hydrogen) atoms. The number of aryl methyl sites for hydroxylation is 1. The number of anilines is 1. The number of carbonyl (C=O) groups is 2. The minimum Gasteiger partial charge on any atom is -0.365 e. The number of hydrogen-bond acceptors (Lipinski definition) is 3. The largest absolute Gasteiger partial charge is 0.365 e. The van der Waals surface area contributed by atoms with Gasteiger partial charge < -0.3 is 16.0 Å². The molecule has 6 heteroatoms. The molecule has 0 aliphatic heterocycles. The second-order valence-electron chi connectivity index (χ2n) is 7.47. The highest BCUT2D eigenvalue weighted by molar-refractivity contribution is 7.17. The average Bonchev–Trinajstić information content (AvgIpc) is 3.21. The first-order valence-electron chi connectivity index (χ1n) is 9.54. The van der Waals surface area contributed by atoms with E-state index >= 15 is 0 Å². The Balaban J connectivity index is 1.41. The van der Waals surface area contributed by atoms with E-state index in [4.69, 9.17) is 5.73 Å². The fraction of sp³-hybridized carbons (Fsp3) is 0.273. The second kappa shape index (κ2) is 7.73. The summed E-state index contributed by atoms with van der Waals surface area (Å²) in [4.78, 5) is 26.7. The lowest BCUT2D eigenvalue weighted by atomic mass is 10.1. The molecule has 2 aromatic carbocycles. The summed E-state index contributed by atoms with van der Waals surface area (Å²) >= 11 is 1.50. The van der Waals surface area contributed by atoms with Crippen molar-refractivity contribution in [2.45, 2.75) is 25.8 Å². The summed E-state index contributed by atoms with van der Waals surface area (Å²) < 4.78 is 0. The highest BCUT2D eigenvalue weighted by atomic mass is 32.1. The number of primary amides is 1. The quantitative estimate of drug-likeness (QED) is 0.599. The molecule has 4 rings (SSSR count). The van der Waals surface area contributed by atoms with Gasteiger partial charge in [0.25, 0.3) is 11.8 Å². The predicted octanol–water partition coefficient (Wildman–Crippen LogP) is 2.14. The Morgan fingerprint density at radius 3 is 2.71 bits per heavy atom. The molecule has 1 unspecified atom stereocenters. The van der Waals surface area contributed by atoms with E-state index < -0.39 is 5.91 Å². The van der Waals surface area contributed by atoms with E-state index in [9.17, 15) is 9.59 Å². The van der Waals surface area contributed by atoms with E-state index in [1.165, 1.54) is 32.5 Å². The average molecular weight is 395 g/mol. The van der Waals surface area contributed by atoms with Gasteiger partial charge in [0, 0.05) is 10.4 Å². The van der Waals surface area contributed by atoms with Gasteiger partial charge in [-0.25, -0.2) is 0 Å². The molecule has 0 fully saturated rings. The second-order valence-corrected chi connectivity index (χ2v) is 8.57. The molecule has 1 heterocycles.